The number of methoxy groups -OCH3 is 1. The van der Waals surface area contributed by atoms with Crippen molar-refractivity contribution in [2.24, 2.45) is 0 Å². The molecule has 0 unspecified atom stereocenters. The van der Waals surface area contributed by atoms with E-state index in [0.717, 1.165) is 88.4 Å². The smallest absolute Gasteiger partial charge is 0.229 e. The van der Waals surface area contributed by atoms with Crippen molar-refractivity contribution in [3.63, 3.8) is 0 Å². The number of anilines is 4. The molecule has 2 aromatic heterocycles. The Morgan fingerprint density at radius 1 is 0.917 bits per heavy atom. The third kappa shape index (κ3) is 4.55. The number of piperazine rings is 1. The molecule has 8 heteroatoms. The lowest BCUT2D eigenvalue weighted by molar-refractivity contribution is 0.414. The van der Waals surface area contributed by atoms with Crippen LogP contribution in [-0.2, 0) is 6.54 Å². The summed E-state index contributed by atoms with van der Waals surface area (Å²) in [6, 6.07) is 12.5. The SMILES string of the molecule is COc1ccc(CN2CCC3=CCCCNc4nc(N5CCN(c6ccncc6)CC5)nc2c43)cc1. The molecular formula is C28H33N7O. The molecule has 6 rings (SSSR count). The zero-order valence-corrected chi connectivity index (χ0v) is 20.9. The van der Waals surface area contributed by atoms with Crippen LogP contribution in [-0.4, -0.2) is 61.3 Å². The summed E-state index contributed by atoms with van der Waals surface area (Å²) in [6.45, 7) is 6.36. The highest BCUT2D eigenvalue weighted by Crippen LogP contribution is 2.40. The van der Waals surface area contributed by atoms with Gasteiger partial charge in [-0.2, -0.15) is 9.97 Å². The van der Waals surface area contributed by atoms with Crippen LogP contribution in [0.25, 0.3) is 5.57 Å². The van der Waals surface area contributed by atoms with Gasteiger partial charge in [-0.3, -0.25) is 4.98 Å². The summed E-state index contributed by atoms with van der Waals surface area (Å²) in [7, 11) is 1.71. The van der Waals surface area contributed by atoms with Gasteiger partial charge in [0.15, 0.2) is 0 Å². The lowest BCUT2D eigenvalue weighted by Crippen LogP contribution is -2.47. The van der Waals surface area contributed by atoms with Crippen molar-refractivity contribution in [2.75, 3.05) is 66.4 Å². The van der Waals surface area contributed by atoms with E-state index in [1.54, 1.807) is 7.11 Å². The summed E-state index contributed by atoms with van der Waals surface area (Å²) >= 11 is 0. The van der Waals surface area contributed by atoms with Crippen LogP contribution in [0.4, 0.5) is 23.3 Å². The van der Waals surface area contributed by atoms with Crippen LogP contribution >= 0.6 is 0 Å². The van der Waals surface area contributed by atoms with Gasteiger partial charge < -0.3 is 24.8 Å². The maximum atomic E-state index is 5.35. The van der Waals surface area contributed by atoms with E-state index in [9.17, 15) is 0 Å². The van der Waals surface area contributed by atoms with Gasteiger partial charge in [0.05, 0.1) is 12.7 Å². The molecule has 0 saturated carbocycles. The normalized spacial score (nSPS) is 17.5. The Bertz CT molecular complexity index is 1220. The second-order valence-corrected chi connectivity index (χ2v) is 9.57. The van der Waals surface area contributed by atoms with Gasteiger partial charge in [-0.15, -0.1) is 0 Å². The average molecular weight is 484 g/mol. The highest BCUT2D eigenvalue weighted by Gasteiger charge is 2.29. The highest BCUT2D eigenvalue weighted by atomic mass is 16.5. The number of pyridine rings is 1. The van der Waals surface area contributed by atoms with Crippen molar-refractivity contribution in [1.82, 2.24) is 15.0 Å². The minimum atomic E-state index is 0.815. The van der Waals surface area contributed by atoms with Crippen LogP contribution in [0.1, 0.15) is 30.4 Å². The summed E-state index contributed by atoms with van der Waals surface area (Å²) in [5.74, 6) is 3.74. The fourth-order valence-corrected chi connectivity index (χ4v) is 5.33. The molecule has 3 aliphatic heterocycles. The molecule has 0 amide bonds. The molecule has 0 spiro atoms. The van der Waals surface area contributed by atoms with E-state index in [0.29, 0.717) is 0 Å². The standard InChI is InChI=1S/C28H33N7O/c1-36-24-7-5-21(6-8-24)20-35-15-11-22-4-2-3-12-30-26-25(22)27(35)32-28(31-26)34-18-16-33(17-19-34)23-9-13-29-14-10-23/h4-10,13-14H,2-3,11-12,15-20H2,1H3,(H,30,31,32). The van der Waals surface area contributed by atoms with Crippen molar-refractivity contribution in [3.8, 4) is 5.75 Å². The van der Waals surface area contributed by atoms with Crippen LogP contribution in [0.2, 0.25) is 0 Å². The molecule has 36 heavy (non-hydrogen) atoms. The highest BCUT2D eigenvalue weighted by molar-refractivity contribution is 5.85. The van der Waals surface area contributed by atoms with Crippen LogP contribution in [0.15, 0.2) is 54.9 Å². The molecule has 5 heterocycles. The molecule has 3 aromatic rings. The Labute approximate surface area is 212 Å². The van der Waals surface area contributed by atoms with E-state index in [2.05, 4.69) is 55.3 Å². The molecular weight excluding hydrogens is 450 g/mol. The van der Waals surface area contributed by atoms with E-state index in [4.69, 9.17) is 14.7 Å². The maximum absolute atomic E-state index is 5.35. The minimum Gasteiger partial charge on any atom is -0.497 e. The fraction of sp³-hybridized carbons (Fsp3) is 0.393. The number of ether oxygens (including phenoxy) is 1. The second-order valence-electron chi connectivity index (χ2n) is 9.57. The number of benzene rings is 1. The zero-order valence-electron chi connectivity index (χ0n) is 20.9. The van der Waals surface area contributed by atoms with E-state index in [1.165, 1.54) is 22.4 Å². The van der Waals surface area contributed by atoms with Gasteiger partial charge in [-0.05, 0) is 54.7 Å². The number of allylic oxidation sites excluding steroid dienone is 1. The van der Waals surface area contributed by atoms with Crippen LogP contribution < -0.4 is 24.8 Å². The van der Waals surface area contributed by atoms with Gasteiger partial charge in [-0.1, -0.05) is 18.2 Å². The van der Waals surface area contributed by atoms with E-state index >= 15 is 0 Å². The summed E-state index contributed by atoms with van der Waals surface area (Å²) in [4.78, 5) is 21.6. The predicted octanol–water partition coefficient (Wildman–Crippen LogP) is 4.21. The lowest BCUT2D eigenvalue weighted by Gasteiger charge is -2.38. The summed E-state index contributed by atoms with van der Waals surface area (Å²) in [6.07, 6.45) is 9.36. The van der Waals surface area contributed by atoms with Crippen LogP contribution in [0.5, 0.6) is 5.75 Å². The van der Waals surface area contributed by atoms with Gasteiger partial charge in [0.25, 0.3) is 0 Å². The van der Waals surface area contributed by atoms with Crippen LogP contribution in [0.3, 0.4) is 0 Å². The Morgan fingerprint density at radius 2 is 1.69 bits per heavy atom. The Balaban J connectivity index is 1.30. The molecule has 0 atom stereocenters. The molecule has 0 bridgehead atoms. The van der Waals surface area contributed by atoms with Gasteiger partial charge in [0.2, 0.25) is 5.95 Å². The second kappa shape index (κ2) is 10.0. The third-order valence-corrected chi connectivity index (χ3v) is 7.34. The number of aromatic nitrogens is 3. The van der Waals surface area contributed by atoms with Crippen molar-refractivity contribution < 1.29 is 4.74 Å². The van der Waals surface area contributed by atoms with E-state index < -0.39 is 0 Å². The molecule has 1 N–H and O–H groups in total. The Hall–Kier alpha value is -3.81. The predicted molar refractivity (Wildman–Crippen MR) is 145 cm³/mol. The number of hydrogen-bond donors (Lipinski definition) is 1. The molecule has 1 aromatic carbocycles. The quantitative estimate of drug-likeness (QED) is 0.579. The molecule has 186 valence electrons. The summed E-state index contributed by atoms with van der Waals surface area (Å²) < 4.78 is 5.35. The fourth-order valence-electron chi connectivity index (χ4n) is 5.33. The molecule has 1 saturated heterocycles. The van der Waals surface area contributed by atoms with Gasteiger partial charge >= 0.3 is 0 Å². The third-order valence-electron chi connectivity index (χ3n) is 7.34. The topological polar surface area (TPSA) is 69.7 Å². The Morgan fingerprint density at radius 3 is 2.47 bits per heavy atom. The number of nitrogens with zero attached hydrogens (tertiary/aromatic N) is 6. The lowest BCUT2D eigenvalue weighted by atomic mass is 9.95. The monoisotopic (exact) mass is 483 g/mol. The molecule has 3 aliphatic rings. The molecule has 1 fully saturated rings. The van der Waals surface area contributed by atoms with Crippen molar-refractivity contribution in [3.05, 3.63) is 66.0 Å². The van der Waals surface area contributed by atoms with E-state index in [1.807, 2.05) is 24.5 Å². The van der Waals surface area contributed by atoms with E-state index in [-0.39, 0.29) is 0 Å². The Kier molecular flexibility index (Phi) is 6.32. The number of nitrogens with one attached hydrogen (secondary N) is 1. The average Bonchev–Trinajstić information content (AvgIpc) is 2.93. The first-order valence-electron chi connectivity index (χ1n) is 12.9. The van der Waals surface area contributed by atoms with Gasteiger partial charge in [0.1, 0.15) is 17.4 Å². The maximum Gasteiger partial charge on any atom is 0.229 e. The zero-order chi connectivity index (χ0) is 24.3. The van der Waals surface area contributed by atoms with Crippen molar-refractivity contribution in [2.45, 2.75) is 25.8 Å². The van der Waals surface area contributed by atoms with Gasteiger partial charge in [0, 0.05) is 63.9 Å². The first-order chi connectivity index (χ1) is 17.8. The van der Waals surface area contributed by atoms with Crippen molar-refractivity contribution >= 4 is 28.8 Å². The van der Waals surface area contributed by atoms with Crippen molar-refractivity contribution in [1.29, 1.82) is 0 Å². The first kappa shape index (κ1) is 22.6. The molecule has 8 nitrogen and oxygen atoms in total. The van der Waals surface area contributed by atoms with Gasteiger partial charge in [-0.25, -0.2) is 0 Å². The number of rotatable bonds is 5. The minimum absolute atomic E-state index is 0.815. The largest absolute Gasteiger partial charge is 0.497 e. The summed E-state index contributed by atoms with van der Waals surface area (Å²) in [5, 5.41) is 3.64. The first-order valence-corrected chi connectivity index (χ1v) is 12.9. The van der Waals surface area contributed by atoms with Crippen LogP contribution in [0, 0.1) is 0 Å². The molecule has 0 radical (unpaired) electrons. The summed E-state index contributed by atoms with van der Waals surface area (Å²) in [5.41, 5.74) is 5.05. The molecule has 0 aliphatic carbocycles. The number of hydrogen-bond acceptors (Lipinski definition) is 8.